The van der Waals surface area contributed by atoms with Crippen LogP contribution >= 0.6 is 0 Å². The van der Waals surface area contributed by atoms with Crippen molar-refractivity contribution >= 4 is 11.7 Å². The molecule has 0 aliphatic carbocycles. The fourth-order valence-electron chi connectivity index (χ4n) is 2.63. The monoisotopic (exact) mass is 232 g/mol. The second kappa shape index (κ2) is 4.47. The first-order chi connectivity index (χ1) is 8.14. The lowest BCUT2D eigenvalue weighted by atomic mass is 9.78. The van der Waals surface area contributed by atoms with Gasteiger partial charge in [-0.25, -0.2) is 0 Å². The van der Waals surface area contributed by atoms with Gasteiger partial charge >= 0.3 is 0 Å². The van der Waals surface area contributed by atoms with Crippen LogP contribution in [0.1, 0.15) is 40.0 Å². The minimum absolute atomic E-state index is 0.227. The molecular weight excluding hydrogens is 212 g/mol. The van der Waals surface area contributed by atoms with E-state index < -0.39 is 0 Å². The summed E-state index contributed by atoms with van der Waals surface area (Å²) in [6.07, 6.45) is 8.65. The zero-order valence-corrected chi connectivity index (χ0v) is 10.9. The second-order valence-electron chi connectivity index (χ2n) is 4.87. The van der Waals surface area contributed by atoms with Crippen molar-refractivity contribution in [2.45, 2.75) is 40.0 Å². The van der Waals surface area contributed by atoms with Gasteiger partial charge in [-0.2, -0.15) is 0 Å². The summed E-state index contributed by atoms with van der Waals surface area (Å²) in [7, 11) is 0. The lowest BCUT2D eigenvalue weighted by molar-refractivity contribution is -0.137. The van der Waals surface area contributed by atoms with Crippen molar-refractivity contribution in [2.75, 3.05) is 6.54 Å². The molecule has 1 atom stereocenters. The SMILES string of the molecule is CCCC1(CC)CN=C2C=CC=C(C)N2C1=O. The lowest BCUT2D eigenvalue weighted by Gasteiger charge is -2.40. The lowest BCUT2D eigenvalue weighted by Crippen LogP contribution is -2.51. The Morgan fingerprint density at radius 3 is 2.88 bits per heavy atom. The van der Waals surface area contributed by atoms with Gasteiger partial charge in [0, 0.05) is 5.70 Å². The zero-order valence-electron chi connectivity index (χ0n) is 10.9. The van der Waals surface area contributed by atoms with Crippen LogP contribution < -0.4 is 0 Å². The van der Waals surface area contributed by atoms with E-state index in [0.29, 0.717) is 6.54 Å². The Morgan fingerprint density at radius 1 is 1.47 bits per heavy atom. The number of amides is 1. The van der Waals surface area contributed by atoms with Crippen LogP contribution in [0.25, 0.3) is 0 Å². The molecule has 1 amide bonds. The highest BCUT2D eigenvalue weighted by Crippen LogP contribution is 2.36. The van der Waals surface area contributed by atoms with E-state index in [1.807, 2.05) is 25.2 Å². The van der Waals surface area contributed by atoms with E-state index >= 15 is 0 Å². The van der Waals surface area contributed by atoms with Crippen molar-refractivity contribution < 1.29 is 4.79 Å². The maximum atomic E-state index is 12.7. The summed E-state index contributed by atoms with van der Waals surface area (Å²) >= 11 is 0. The quantitative estimate of drug-likeness (QED) is 0.736. The average molecular weight is 232 g/mol. The molecular formula is C14H20N2O. The van der Waals surface area contributed by atoms with Gasteiger partial charge in [-0.05, 0) is 31.9 Å². The normalized spacial score (nSPS) is 27.7. The van der Waals surface area contributed by atoms with Gasteiger partial charge in [0.25, 0.3) is 0 Å². The Morgan fingerprint density at radius 2 is 2.24 bits per heavy atom. The maximum Gasteiger partial charge on any atom is 0.240 e. The Labute approximate surface area is 103 Å². The van der Waals surface area contributed by atoms with Gasteiger partial charge in [-0.15, -0.1) is 0 Å². The molecule has 0 radical (unpaired) electrons. The molecule has 2 aliphatic heterocycles. The van der Waals surface area contributed by atoms with Crippen molar-refractivity contribution in [3.8, 4) is 0 Å². The third-order valence-corrected chi connectivity index (χ3v) is 3.77. The van der Waals surface area contributed by atoms with E-state index in [9.17, 15) is 4.79 Å². The van der Waals surface area contributed by atoms with Crippen molar-refractivity contribution in [3.05, 3.63) is 23.9 Å². The minimum atomic E-state index is -0.279. The third-order valence-electron chi connectivity index (χ3n) is 3.77. The summed E-state index contributed by atoms with van der Waals surface area (Å²) in [4.78, 5) is 19.1. The summed E-state index contributed by atoms with van der Waals surface area (Å²) in [6.45, 7) is 6.82. The van der Waals surface area contributed by atoms with Crippen LogP contribution in [0.4, 0.5) is 0 Å². The molecule has 17 heavy (non-hydrogen) atoms. The number of carbonyl (C=O) groups excluding carboxylic acids is 1. The molecule has 0 saturated heterocycles. The van der Waals surface area contributed by atoms with Crippen LogP contribution in [-0.4, -0.2) is 23.2 Å². The molecule has 2 rings (SSSR count). The number of fused-ring (bicyclic) bond motifs is 1. The van der Waals surface area contributed by atoms with E-state index in [2.05, 4.69) is 18.8 Å². The van der Waals surface area contributed by atoms with Crippen LogP contribution in [0.5, 0.6) is 0 Å². The minimum Gasteiger partial charge on any atom is -0.273 e. The smallest absolute Gasteiger partial charge is 0.240 e. The highest BCUT2D eigenvalue weighted by atomic mass is 16.2. The molecule has 3 nitrogen and oxygen atoms in total. The first-order valence-electron chi connectivity index (χ1n) is 6.38. The fourth-order valence-corrected chi connectivity index (χ4v) is 2.63. The summed E-state index contributed by atoms with van der Waals surface area (Å²) in [5.41, 5.74) is 0.698. The molecule has 0 fully saturated rings. The molecule has 0 aromatic rings. The van der Waals surface area contributed by atoms with E-state index in [0.717, 1.165) is 30.8 Å². The molecule has 0 N–H and O–H groups in total. The molecule has 0 saturated carbocycles. The molecule has 0 spiro atoms. The van der Waals surface area contributed by atoms with E-state index in [4.69, 9.17) is 0 Å². The van der Waals surface area contributed by atoms with Crippen LogP contribution in [0, 0.1) is 5.41 Å². The van der Waals surface area contributed by atoms with Crippen LogP contribution in [-0.2, 0) is 4.79 Å². The number of hydrogen-bond acceptors (Lipinski definition) is 2. The van der Waals surface area contributed by atoms with E-state index in [1.54, 1.807) is 4.90 Å². The largest absolute Gasteiger partial charge is 0.273 e. The Kier molecular flexibility index (Phi) is 3.18. The number of rotatable bonds is 3. The van der Waals surface area contributed by atoms with Gasteiger partial charge in [-0.3, -0.25) is 14.7 Å². The van der Waals surface area contributed by atoms with Gasteiger partial charge in [-0.1, -0.05) is 26.3 Å². The topological polar surface area (TPSA) is 32.7 Å². The maximum absolute atomic E-state index is 12.7. The standard InChI is InChI=1S/C14H20N2O/c1-4-9-14(5-2)10-15-12-8-6-7-11(3)16(12)13(14)17/h6-8H,4-5,9-10H2,1-3H3. The number of allylic oxidation sites excluding steroid dienone is 3. The average Bonchev–Trinajstić information content (AvgIpc) is 2.33. The van der Waals surface area contributed by atoms with Gasteiger partial charge < -0.3 is 0 Å². The summed E-state index contributed by atoms with van der Waals surface area (Å²) in [6, 6.07) is 0. The Hall–Kier alpha value is -1.38. The number of carbonyl (C=O) groups is 1. The van der Waals surface area contributed by atoms with Gasteiger partial charge in [0.1, 0.15) is 5.84 Å². The number of nitrogens with zero attached hydrogens (tertiary/aromatic N) is 2. The number of aliphatic imine (C=N–C) groups is 1. The molecule has 0 bridgehead atoms. The van der Waals surface area contributed by atoms with Gasteiger partial charge in [0.05, 0.1) is 12.0 Å². The van der Waals surface area contributed by atoms with Crippen LogP contribution in [0.15, 0.2) is 28.9 Å². The highest BCUT2D eigenvalue weighted by Gasteiger charge is 2.43. The molecule has 0 aromatic heterocycles. The number of amidine groups is 1. The van der Waals surface area contributed by atoms with Crippen molar-refractivity contribution in [1.29, 1.82) is 0 Å². The Balaban J connectivity index is 2.39. The predicted molar refractivity (Wildman–Crippen MR) is 69.7 cm³/mol. The van der Waals surface area contributed by atoms with Gasteiger partial charge in [0.15, 0.2) is 0 Å². The summed E-state index contributed by atoms with van der Waals surface area (Å²) < 4.78 is 0. The zero-order chi connectivity index (χ0) is 12.5. The van der Waals surface area contributed by atoms with E-state index in [-0.39, 0.29) is 11.3 Å². The molecule has 2 aliphatic rings. The van der Waals surface area contributed by atoms with Gasteiger partial charge in [0.2, 0.25) is 5.91 Å². The number of hydrogen-bond donors (Lipinski definition) is 0. The molecule has 92 valence electrons. The van der Waals surface area contributed by atoms with Crippen molar-refractivity contribution in [2.24, 2.45) is 10.4 Å². The van der Waals surface area contributed by atoms with Crippen molar-refractivity contribution in [1.82, 2.24) is 4.90 Å². The molecule has 3 heteroatoms. The van der Waals surface area contributed by atoms with E-state index in [1.165, 1.54) is 0 Å². The van der Waals surface area contributed by atoms with Crippen LogP contribution in [0.2, 0.25) is 0 Å². The first kappa shape index (κ1) is 12.1. The summed E-state index contributed by atoms with van der Waals surface area (Å²) in [5, 5.41) is 0. The Bertz CT molecular complexity index is 420. The first-order valence-corrected chi connectivity index (χ1v) is 6.38. The molecule has 0 aromatic carbocycles. The second-order valence-corrected chi connectivity index (χ2v) is 4.87. The fraction of sp³-hybridized carbons (Fsp3) is 0.571. The third kappa shape index (κ3) is 1.84. The van der Waals surface area contributed by atoms with Crippen molar-refractivity contribution in [3.63, 3.8) is 0 Å². The summed E-state index contributed by atoms with van der Waals surface area (Å²) in [5.74, 6) is 1.03. The van der Waals surface area contributed by atoms with Crippen LogP contribution in [0.3, 0.4) is 0 Å². The highest BCUT2D eigenvalue weighted by molar-refractivity contribution is 6.10. The predicted octanol–water partition coefficient (Wildman–Crippen LogP) is 2.90. The molecule has 1 unspecified atom stereocenters. The molecule has 2 heterocycles.